The summed E-state index contributed by atoms with van der Waals surface area (Å²) in [4.78, 5) is 8.27. The second-order valence-electron chi connectivity index (χ2n) is 5.86. The minimum absolute atomic E-state index is 0.732. The first-order valence-electron chi connectivity index (χ1n) is 7.65. The van der Waals surface area contributed by atoms with Crippen LogP contribution in [0.2, 0.25) is 0 Å². The molecule has 3 rings (SSSR count). The summed E-state index contributed by atoms with van der Waals surface area (Å²) in [5.74, 6) is 0. The second kappa shape index (κ2) is 6.58. The van der Waals surface area contributed by atoms with Gasteiger partial charge in [-0.05, 0) is 43.7 Å². The van der Waals surface area contributed by atoms with Gasteiger partial charge < -0.3 is 10.2 Å². The number of aromatic nitrogens is 1. The van der Waals surface area contributed by atoms with Crippen LogP contribution in [0.1, 0.15) is 29.0 Å². The molecule has 0 radical (unpaired) electrons. The number of nitrogens with zero attached hydrogens (tertiary/aromatic N) is 2. The maximum Gasteiger partial charge on any atom is 0.0443 e. The van der Waals surface area contributed by atoms with Crippen molar-refractivity contribution in [2.24, 2.45) is 0 Å². The number of hydrogen-bond donors (Lipinski definition) is 1. The largest absolute Gasteiger partial charge is 0.374 e. The van der Waals surface area contributed by atoms with Crippen LogP contribution in [0.15, 0.2) is 29.8 Å². The zero-order valence-electron chi connectivity index (χ0n) is 12.8. The van der Waals surface area contributed by atoms with Gasteiger partial charge in [0, 0.05) is 54.2 Å². The summed E-state index contributed by atoms with van der Waals surface area (Å²) in [6.07, 6.45) is 5.78. The SMILES string of the molecule is Cc1cc(N(C)CCc2cccs2)c(CNC2CC2)cn1. The molecule has 0 spiro atoms. The molecule has 0 aliphatic heterocycles. The monoisotopic (exact) mass is 301 g/mol. The van der Waals surface area contributed by atoms with E-state index in [-0.39, 0.29) is 0 Å². The molecule has 21 heavy (non-hydrogen) atoms. The number of rotatable bonds is 7. The van der Waals surface area contributed by atoms with Crippen LogP contribution in [0.25, 0.3) is 0 Å². The maximum atomic E-state index is 4.47. The van der Waals surface area contributed by atoms with E-state index in [0.717, 1.165) is 31.2 Å². The van der Waals surface area contributed by atoms with Crippen LogP contribution >= 0.6 is 11.3 Å². The summed E-state index contributed by atoms with van der Waals surface area (Å²) in [7, 11) is 2.18. The van der Waals surface area contributed by atoms with E-state index in [0.29, 0.717) is 0 Å². The van der Waals surface area contributed by atoms with Gasteiger partial charge in [-0.3, -0.25) is 4.98 Å². The van der Waals surface area contributed by atoms with Gasteiger partial charge in [0.2, 0.25) is 0 Å². The van der Waals surface area contributed by atoms with Gasteiger partial charge in [-0.1, -0.05) is 6.07 Å². The van der Waals surface area contributed by atoms with Gasteiger partial charge in [-0.2, -0.15) is 0 Å². The maximum absolute atomic E-state index is 4.47. The fourth-order valence-corrected chi connectivity index (χ4v) is 3.16. The molecule has 0 unspecified atom stereocenters. The normalized spacial score (nSPS) is 14.4. The molecule has 0 amide bonds. The van der Waals surface area contributed by atoms with Gasteiger partial charge in [0.25, 0.3) is 0 Å². The lowest BCUT2D eigenvalue weighted by atomic mass is 10.1. The van der Waals surface area contributed by atoms with E-state index in [1.54, 1.807) is 0 Å². The molecule has 112 valence electrons. The van der Waals surface area contributed by atoms with Crippen molar-refractivity contribution in [1.29, 1.82) is 0 Å². The molecule has 0 atom stereocenters. The van der Waals surface area contributed by atoms with E-state index in [9.17, 15) is 0 Å². The van der Waals surface area contributed by atoms with E-state index < -0.39 is 0 Å². The fraction of sp³-hybridized carbons (Fsp3) is 0.471. The van der Waals surface area contributed by atoms with E-state index in [1.807, 2.05) is 17.5 Å². The Kier molecular flexibility index (Phi) is 4.56. The lowest BCUT2D eigenvalue weighted by Gasteiger charge is -2.23. The molecule has 4 heteroatoms. The van der Waals surface area contributed by atoms with E-state index in [4.69, 9.17) is 0 Å². The number of aryl methyl sites for hydroxylation is 1. The molecule has 1 aliphatic carbocycles. The Morgan fingerprint density at radius 3 is 3.00 bits per heavy atom. The highest BCUT2D eigenvalue weighted by atomic mass is 32.1. The molecular formula is C17H23N3S. The van der Waals surface area contributed by atoms with Crippen LogP contribution in [0, 0.1) is 6.92 Å². The Morgan fingerprint density at radius 2 is 2.29 bits per heavy atom. The highest BCUT2D eigenvalue weighted by Crippen LogP contribution is 2.24. The van der Waals surface area contributed by atoms with Gasteiger partial charge >= 0.3 is 0 Å². The van der Waals surface area contributed by atoms with Crippen molar-refractivity contribution < 1.29 is 0 Å². The molecule has 0 bridgehead atoms. The number of likely N-dealkylation sites (N-methyl/N-ethyl adjacent to an activating group) is 1. The van der Waals surface area contributed by atoms with Gasteiger partial charge in [0.1, 0.15) is 0 Å². The third-order valence-electron chi connectivity index (χ3n) is 3.94. The Balaban J connectivity index is 1.67. The van der Waals surface area contributed by atoms with Crippen molar-refractivity contribution in [2.45, 2.75) is 38.8 Å². The van der Waals surface area contributed by atoms with Crippen LogP contribution in [0.3, 0.4) is 0 Å². The van der Waals surface area contributed by atoms with Gasteiger partial charge in [-0.15, -0.1) is 11.3 Å². The van der Waals surface area contributed by atoms with Crippen LogP contribution in [-0.2, 0) is 13.0 Å². The molecule has 2 heterocycles. The van der Waals surface area contributed by atoms with Gasteiger partial charge in [-0.25, -0.2) is 0 Å². The van der Waals surface area contributed by atoms with Crippen molar-refractivity contribution in [3.63, 3.8) is 0 Å². The van der Waals surface area contributed by atoms with Crippen molar-refractivity contribution in [1.82, 2.24) is 10.3 Å². The molecule has 1 fully saturated rings. The highest BCUT2D eigenvalue weighted by Gasteiger charge is 2.21. The first kappa shape index (κ1) is 14.5. The standard InChI is InChI=1S/C17H23N3S/c1-13-10-17(14(11-18-13)12-19-15-5-6-15)20(2)8-7-16-4-3-9-21-16/h3-4,9-11,15,19H,5-8,12H2,1-2H3. The lowest BCUT2D eigenvalue weighted by molar-refractivity contribution is 0.683. The summed E-state index contributed by atoms with van der Waals surface area (Å²) in [6, 6.07) is 7.28. The lowest BCUT2D eigenvalue weighted by Crippen LogP contribution is -2.24. The third kappa shape index (κ3) is 4.05. The molecule has 2 aromatic rings. The van der Waals surface area contributed by atoms with E-state index in [2.05, 4.69) is 52.8 Å². The fourth-order valence-electron chi connectivity index (χ4n) is 2.46. The average Bonchev–Trinajstić information content (AvgIpc) is 3.17. The van der Waals surface area contributed by atoms with Crippen LogP contribution < -0.4 is 10.2 Å². The van der Waals surface area contributed by atoms with Crippen molar-refractivity contribution in [2.75, 3.05) is 18.5 Å². The van der Waals surface area contributed by atoms with Crippen molar-refractivity contribution in [3.05, 3.63) is 45.9 Å². The molecule has 0 saturated heterocycles. The molecule has 3 nitrogen and oxygen atoms in total. The van der Waals surface area contributed by atoms with Crippen molar-refractivity contribution in [3.8, 4) is 0 Å². The molecule has 1 saturated carbocycles. The van der Waals surface area contributed by atoms with Crippen LogP contribution in [0.4, 0.5) is 5.69 Å². The van der Waals surface area contributed by atoms with E-state index >= 15 is 0 Å². The zero-order chi connectivity index (χ0) is 14.7. The first-order chi connectivity index (χ1) is 10.2. The number of pyridine rings is 1. The average molecular weight is 301 g/mol. The van der Waals surface area contributed by atoms with Crippen LogP contribution in [0.5, 0.6) is 0 Å². The predicted octanol–water partition coefficient (Wildman–Crippen LogP) is 3.38. The number of anilines is 1. The molecular weight excluding hydrogens is 278 g/mol. The van der Waals surface area contributed by atoms with Gasteiger partial charge in [0.05, 0.1) is 0 Å². The summed E-state index contributed by atoms with van der Waals surface area (Å²) >= 11 is 1.84. The minimum atomic E-state index is 0.732. The minimum Gasteiger partial charge on any atom is -0.374 e. The Bertz CT molecular complexity index is 576. The summed E-state index contributed by atoms with van der Waals surface area (Å²) < 4.78 is 0. The summed E-state index contributed by atoms with van der Waals surface area (Å²) in [5, 5.41) is 5.74. The smallest absolute Gasteiger partial charge is 0.0443 e. The van der Waals surface area contributed by atoms with Gasteiger partial charge in [0.15, 0.2) is 0 Å². The molecule has 1 N–H and O–H groups in total. The van der Waals surface area contributed by atoms with E-state index in [1.165, 1.54) is 29.0 Å². The summed E-state index contributed by atoms with van der Waals surface area (Å²) in [6.45, 7) is 4.03. The van der Waals surface area contributed by atoms with Crippen LogP contribution in [-0.4, -0.2) is 24.6 Å². The Labute approximate surface area is 131 Å². The quantitative estimate of drug-likeness (QED) is 0.850. The van der Waals surface area contributed by atoms with Crippen molar-refractivity contribution >= 4 is 17.0 Å². The Hall–Kier alpha value is -1.39. The first-order valence-corrected chi connectivity index (χ1v) is 8.53. The second-order valence-corrected chi connectivity index (χ2v) is 6.89. The number of hydrogen-bond acceptors (Lipinski definition) is 4. The number of nitrogens with one attached hydrogen (secondary N) is 1. The Morgan fingerprint density at radius 1 is 1.43 bits per heavy atom. The zero-order valence-corrected chi connectivity index (χ0v) is 13.6. The summed E-state index contributed by atoms with van der Waals surface area (Å²) in [5.41, 5.74) is 3.71. The molecule has 1 aliphatic rings. The number of thiophene rings is 1. The highest BCUT2D eigenvalue weighted by molar-refractivity contribution is 7.09. The predicted molar refractivity (Wildman–Crippen MR) is 90.1 cm³/mol. The topological polar surface area (TPSA) is 28.2 Å². The molecule has 2 aromatic heterocycles. The third-order valence-corrected chi connectivity index (χ3v) is 4.88. The molecule has 0 aromatic carbocycles.